The second-order valence-corrected chi connectivity index (χ2v) is 46.4. The first kappa shape index (κ1) is 14.2. The Labute approximate surface area is 131 Å². The van der Waals surface area contributed by atoms with Gasteiger partial charge in [-0.3, -0.25) is 0 Å². The minimum absolute atomic E-state index is 0.126. The van der Waals surface area contributed by atoms with E-state index in [1.54, 1.807) is 0 Å². The molecule has 2 aliphatic heterocycles. The van der Waals surface area contributed by atoms with Crippen molar-refractivity contribution >= 4 is 7.20 Å². The van der Waals surface area contributed by atoms with Crippen LogP contribution in [-0.2, 0) is 52.3 Å². The Bertz CT molecular complexity index is 534. The SMILES string of the molecule is C[C]1=CC=C([C]2=C([N+](=O)[O-])[CH]=[W][V]=[U]2)[CH]=[Y]1. The van der Waals surface area contributed by atoms with Gasteiger partial charge < -0.3 is 0 Å². The molecule has 0 saturated carbocycles. The third-order valence-electron chi connectivity index (χ3n) is 2.17. The van der Waals surface area contributed by atoms with Crippen molar-refractivity contribution in [3.63, 3.8) is 0 Å². The molecule has 0 saturated heterocycles. The van der Waals surface area contributed by atoms with Gasteiger partial charge in [-0.15, -0.1) is 0 Å². The summed E-state index contributed by atoms with van der Waals surface area (Å²) in [6.07, 6.45) is 4.32. The fourth-order valence-electron chi connectivity index (χ4n) is 1.33. The Morgan fingerprint density at radius 1 is 1.56 bits per heavy atom. The zero-order valence-corrected chi connectivity index (χ0v) is 19.8. The van der Waals surface area contributed by atoms with E-state index < -0.39 is 52.7 Å². The fraction of sp³-hybridized carbons (Fsp3) is 0.111. The molecule has 0 atom stereocenters. The molecule has 0 fully saturated rings. The average Bonchev–Trinajstić information content (AvgIpc) is 2.30. The molecule has 0 aromatic heterocycles. The van der Waals surface area contributed by atoms with E-state index in [0.717, 1.165) is 0 Å². The van der Waals surface area contributed by atoms with Gasteiger partial charge in [0.15, 0.2) is 0 Å². The van der Waals surface area contributed by atoms with Crippen molar-refractivity contribution in [3.8, 4) is 0 Å². The molecule has 7 heteroatoms. The Morgan fingerprint density at radius 2 is 2.38 bits per heavy atom. The van der Waals surface area contributed by atoms with Gasteiger partial charge in [-0.2, -0.15) is 0 Å². The van der Waals surface area contributed by atoms with E-state index in [2.05, 4.69) is 21.9 Å². The van der Waals surface area contributed by atoms with Gasteiger partial charge in [0, 0.05) is 0 Å². The fourth-order valence-corrected chi connectivity index (χ4v) is 46.2. The second kappa shape index (κ2) is 6.81. The molecular weight excluding hydrogens is 716 g/mol. The van der Waals surface area contributed by atoms with Gasteiger partial charge in [0.05, 0.1) is 0 Å². The van der Waals surface area contributed by atoms with E-state index in [1.807, 2.05) is 4.40 Å². The van der Waals surface area contributed by atoms with Crippen molar-refractivity contribution < 1.29 is 81.2 Å². The second-order valence-electron chi connectivity index (χ2n) is 3.31. The summed E-state index contributed by atoms with van der Waals surface area (Å²) in [4.78, 5) is 10.9. The van der Waals surface area contributed by atoms with Gasteiger partial charge >= 0.3 is 134 Å². The first-order chi connectivity index (χ1) is 7.68. The predicted molar refractivity (Wildman–Crippen MR) is 48.0 cm³/mol. The van der Waals surface area contributed by atoms with E-state index in [-0.39, 0.29) is 20.6 Å². The summed E-state index contributed by atoms with van der Waals surface area (Å²) in [6.45, 7) is 2.18. The number of allylic oxidation sites excluding steroid dienone is 6. The summed E-state index contributed by atoms with van der Waals surface area (Å²) < 4.78 is 7.17. The summed E-state index contributed by atoms with van der Waals surface area (Å²) in [5.41, 5.74) is 1.79. The topological polar surface area (TPSA) is 43.1 Å². The average molecular weight is 723 g/mol. The Balaban J connectivity index is 2.48. The van der Waals surface area contributed by atoms with Crippen molar-refractivity contribution in [1.29, 1.82) is 0 Å². The number of nitrogens with zero attached hydrogens (tertiary/aromatic N) is 1. The van der Waals surface area contributed by atoms with Crippen LogP contribution in [0.2, 0.25) is 0 Å². The van der Waals surface area contributed by atoms with Crippen LogP contribution >= 0.6 is 0 Å². The molecule has 2 heterocycles. The molecule has 0 spiro atoms. The van der Waals surface area contributed by atoms with Gasteiger partial charge in [0.25, 0.3) is 0 Å². The molecule has 78 valence electrons. The van der Waals surface area contributed by atoms with Gasteiger partial charge in [0.2, 0.25) is 0 Å². The molecule has 0 aromatic rings. The maximum absolute atomic E-state index is 11.0. The molecule has 0 aromatic carbocycles. The van der Waals surface area contributed by atoms with E-state index >= 15 is 0 Å². The number of hydrogen-bond donors (Lipinski definition) is 0. The van der Waals surface area contributed by atoms with Crippen LogP contribution in [0, 0.1) is 34.1 Å². The van der Waals surface area contributed by atoms with Crippen LogP contribution in [0.3, 0.4) is 0 Å². The number of rotatable bonds is 2. The van der Waals surface area contributed by atoms with Crippen LogP contribution in [0.25, 0.3) is 0 Å². The zero-order chi connectivity index (χ0) is 11.5. The molecule has 0 radical (unpaired) electrons. The molecule has 2 aliphatic rings. The van der Waals surface area contributed by atoms with Crippen molar-refractivity contribution in [2.75, 3.05) is 0 Å². The van der Waals surface area contributed by atoms with Crippen LogP contribution in [-0.4, -0.2) is 12.1 Å². The van der Waals surface area contributed by atoms with Crippen molar-refractivity contribution in [2.45, 2.75) is 6.92 Å². The van der Waals surface area contributed by atoms with Gasteiger partial charge in [0.1, 0.15) is 0 Å². The number of nitro groups is 1. The Kier molecular flexibility index (Phi) is 6.05. The Hall–Kier alpha value is 1.79. The van der Waals surface area contributed by atoms with Crippen molar-refractivity contribution in [1.82, 2.24) is 0 Å². The van der Waals surface area contributed by atoms with E-state index in [9.17, 15) is 10.1 Å². The van der Waals surface area contributed by atoms with Crippen LogP contribution in [0.5, 0.6) is 0 Å². The maximum atomic E-state index is 11.0. The monoisotopic (exact) mass is 723 g/mol. The summed E-state index contributed by atoms with van der Waals surface area (Å²) in [5, 5.41) is 11.0. The Morgan fingerprint density at radius 3 is 3.00 bits per heavy atom. The third-order valence-corrected chi connectivity index (χ3v) is 45.1. The standard InChI is InChI=1S/C9H7NO2.U.V.W.Y/c1-4-5-6-8(2)7-9(3)10(11)12;;;;/h2-3,5-6H,1H3;;;;. The van der Waals surface area contributed by atoms with Crippen LogP contribution < -0.4 is 0 Å². The van der Waals surface area contributed by atoms with Gasteiger partial charge in [-0.05, 0) is 0 Å². The molecule has 3 nitrogen and oxygen atoms in total. The first-order valence-electron chi connectivity index (χ1n) is 4.59. The summed E-state index contributed by atoms with van der Waals surface area (Å²) in [7, 11) is 0.619. The third kappa shape index (κ3) is 3.64. The first-order valence-corrected chi connectivity index (χ1v) is 25.8. The van der Waals surface area contributed by atoms with Crippen LogP contribution in [0.1, 0.15) is 6.92 Å². The molecule has 2 rings (SSSR count). The molecule has 0 aliphatic carbocycles. The van der Waals surface area contributed by atoms with E-state index in [4.69, 9.17) is 0 Å². The van der Waals surface area contributed by atoms with E-state index in [0.29, 0.717) is 13.6 Å². The normalized spacial score (nSPS) is 17.6. The minimum atomic E-state index is -0.898. The van der Waals surface area contributed by atoms with E-state index in [1.165, 1.54) is 10.6 Å². The van der Waals surface area contributed by atoms with Crippen molar-refractivity contribution in [2.24, 2.45) is 0 Å². The zero-order valence-electron chi connectivity index (χ0n) is 8.51. The summed E-state index contributed by atoms with van der Waals surface area (Å²) >= 11 is -1.97. The van der Waals surface area contributed by atoms with Crippen LogP contribution in [0.15, 0.2) is 28.4 Å². The molecular formula is C9H7NO2UVWY. The summed E-state index contributed by atoms with van der Waals surface area (Å²) in [6, 6.07) is 0. The number of hydrogen-bond acceptors (Lipinski definition) is 2. The molecule has 0 unspecified atom stereocenters. The molecule has 0 amide bonds. The summed E-state index contributed by atoms with van der Waals surface area (Å²) in [5.74, 6) is 0. The molecule has 0 N–H and O–H groups in total. The van der Waals surface area contributed by atoms with Gasteiger partial charge in [-0.1, -0.05) is 0 Å². The van der Waals surface area contributed by atoms with Crippen LogP contribution in [0.4, 0.5) is 0 Å². The molecule has 16 heavy (non-hydrogen) atoms. The quantitative estimate of drug-likeness (QED) is 0.317. The predicted octanol–water partition coefficient (Wildman–Crippen LogP) is 1.10. The van der Waals surface area contributed by atoms with Crippen molar-refractivity contribution in [3.05, 3.63) is 38.5 Å². The van der Waals surface area contributed by atoms with Gasteiger partial charge in [-0.25, -0.2) is 0 Å². The molecule has 0 bridgehead atoms.